The number of benzene rings is 4. The molecule has 0 bridgehead atoms. The van der Waals surface area contributed by atoms with Crippen LogP contribution in [0.25, 0.3) is 0 Å². The van der Waals surface area contributed by atoms with E-state index < -0.39 is 0 Å². The Morgan fingerprint density at radius 1 is 0.459 bits per heavy atom. The van der Waals surface area contributed by atoms with Gasteiger partial charge >= 0.3 is 11.9 Å². The van der Waals surface area contributed by atoms with Crippen LogP contribution in [0, 0.1) is 0 Å². The fourth-order valence-corrected chi connectivity index (χ4v) is 10.8. The molecule has 16 nitrogen and oxygen atoms in total. The molecule has 0 fully saturated rings. The zero-order chi connectivity index (χ0) is 53.4. The molecule has 4 aromatic rings. The van der Waals surface area contributed by atoms with Crippen LogP contribution in [0.15, 0.2) is 60.7 Å². The number of rotatable bonds is 28. The average Bonchev–Trinajstić information content (AvgIpc) is 3.42. The van der Waals surface area contributed by atoms with Crippen molar-refractivity contribution in [2.75, 3.05) is 125 Å². The van der Waals surface area contributed by atoms with E-state index in [9.17, 15) is 9.59 Å². The maximum atomic E-state index is 12.9. The summed E-state index contributed by atoms with van der Waals surface area (Å²) in [6.07, 6.45) is 9.94. The van der Waals surface area contributed by atoms with E-state index in [4.69, 9.17) is 56.8 Å². The van der Waals surface area contributed by atoms with E-state index >= 15 is 0 Å². The number of quaternary nitrogens is 2. The number of nitrogens with zero attached hydrogens (tertiary/aromatic N) is 2. The second kappa shape index (κ2) is 26.6. The molecule has 16 heteroatoms. The summed E-state index contributed by atoms with van der Waals surface area (Å²) >= 11 is 0. The largest absolute Gasteiger partial charge is 0.493 e. The van der Waals surface area contributed by atoms with Crippen LogP contribution in [-0.2, 0) is 44.7 Å². The van der Waals surface area contributed by atoms with Gasteiger partial charge in [0.2, 0.25) is 11.5 Å². The molecule has 0 spiro atoms. The summed E-state index contributed by atoms with van der Waals surface area (Å²) in [5.41, 5.74) is 6.93. The van der Waals surface area contributed by atoms with Crippen molar-refractivity contribution in [1.82, 2.24) is 0 Å². The molecular weight excluding hydrogens is 949 g/mol. The van der Waals surface area contributed by atoms with Gasteiger partial charge in [-0.2, -0.15) is 0 Å². The van der Waals surface area contributed by atoms with Gasteiger partial charge in [0.05, 0.1) is 125 Å². The van der Waals surface area contributed by atoms with Gasteiger partial charge in [0.25, 0.3) is 0 Å². The standard InChI is InChI=1S/C58H80N2O14/c1-59(25-21-41-35-47(63-3)49(65-5)37-43(41)45(59)29-39-31-51(67-7)57(71-11)52(32-39)68-8)23-17-27-73-55(61)19-15-13-14-16-20-56(62)74-28-18-24-60(2)26-22-42-36-48(64-4)50(66-6)38-44(42)46(60)30-40-33-53(69-9)58(72-12)54(34-40)70-10/h13-14,31-38,45-46H,15-30H2,1-12H3/q+2/b14-13+/t45-,46-,59?,60?/m1/s1. The number of fused-ring (bicyclic) bond motifs is 2. The molecule has 6 rings (SSSR count). The van der Waals surface area contributed by atoms with E-state index in [2.05, 4.69) is 38.4 Å². The minimum atomic E-state index is -0.246. The van der Waals surface area contributed by atoms with Crippen LogP contribution < -0.4 is 47.4 Å². The summed E-state index contributed by atoms with van der Waals surface area (Å²) < 4.78 is 69.8. The third-order valence-corrected chi connectivity index (χ3v) is 15.0. The van der Waals surface area contributed by atoms with E-state index in [1.165, 1.54) is 22.3 Å². The van der Waals surface area contributed by atoms with Gasteiger partial charge in [0.1, 0.15) is 12.1 Å². The van der Waals surface area contributed by atoms with E-state index in [1.807, 2.05) is 36.4 Å². The van der Waals surface area contributed by atoms with E-state index in [0.29, 0.717) is 109 Å². The number of likely N-dealkylation sites (N-methyl/N-ethyl adjacent to an activating group) is 2. The van der Waals surface area contributed by atoms with Gasteiger partial charge in [-0.25, -0.2) is 0 Å². The van der Waals surface area contributed by atoms with Gasteiger partial charge in [-0.05, 0) is 83.6 Å². The van der Waals surface area contributed by atoms with Crippen LogP contribution in [0.2, 0.25) is 0 Å². The van der Waals surface area contributed by atoms with Gasteiger partial charge in [-0.1, -0.05) is 12.2 Å². The predicted molar refractivity (Wildman–Crippen MR) is 282 cm³/mol. The summed E-state index contributed by atoms with van der Waals surface area (Å²) in [5.74, 6) is 5.81. The van der Waals surface area contributed by atoms with E-state index in [-0.39, 0.29) is 36.9 Å². The van der Waals surface area contributed by atoms with Gasteiger partial charge in [-0.15, -0.1) is 0 Å². The maximum Gasteiger partial charge on any atom is 0.306 e. The fraction of sp³-hybridized carbons (Fsp3) is 0.517. The lowest BCUT2D eigenvalue weighted by atomic mass is 9.86. The number of hydrogen-bond acceptors (Lipinski definition) is 14. The molecule has 2 heterocycles. The van der Waals surface area contributed by atoms with Crippen molar-refractivity contribution >= 4 is 11.9 Å². The molecule has 2 aliphatic rings. The molecule has 4 aromatic carbocycles. The Kier molecular flexibility index (Phi) is 20.4. The number of carbonyl (C=O) groups excluding carboxylic acids is 2. The highest BCUT2D eigenvalue weighted by Gasteiger charge is 2.42. The number of hydrogen-bond donors (Lipinski definition) is 0. The van der Waals surface area contributed by atoms with Crippen LogP contribution in [0.5, 0.6) is 57.5 Å². The Hall–Kier alpha value is -6.52. The first kappa shape index (κ1) is 56.8. The van der Waals surface area contributed by atoms with Gasteiger partial charge in [0, 0.05) is 62.5 Å². The Balaban J connectivity index is 0.967. The SMILES string of the molecule is COc1cc2c(cc1OC)[C@@H](Cc1cc(OC)c(OC)c(OC)c1)[N+](C)(CCCOC(=O)CC/C=C/CCC(=O)OCCC[N+]1(C)CCc3cc(OC)c(OC)cc3[C@H]1Cc1cc(OC)c(OC)c(OC)c1)CC2. The highest BCUT2D eigenvalue weighted by molar-refractivity contribution is 5.70. The van der Waals surface area contributed by atoms with Crippen molar-refractivity contribution in [3.05, 3.63) is 94.1 Å². The summed E-state index contributed by atoms with van der Waals surface area (Å²) in [6, 6.07) is 16.5. The van der Waals surface area contributed by atoms with Crippen molar-refractivity contribution in [2.24, 2.45) is 0 Å². The molecule has 404 valence electrons. The summed E-state index contributed by atoms with van der Waals surface area (Å²) in [7, 11) is 20.9. The summed E-state index contributed by atoms with van der Waals surface area (Å²) in [6.45, 7) is 4.02. The second-order valence-electron chi connectivity index (χ2n) is 19.4. The minimum Gasteiger partial charge on any atom is -0.493 e. The first-order chi connectivity index (χ1) is 35.7. The zero-order valence-corrected chi connectivity index (χ0v) is 45.9. The molecule has 0 radical (unpaired) electrons. The summed E-state index contributed by atoms with van der Waals surface area (Å²) in [5, 5.41) is 0. The fourth-order valence-electron chi connectivity index (χ4n) is 10.8. The number of allylic oxidation sites excluding steroid dienone is 2. The molecule has 0 N–H and O–H groups in total. The number of ether oxygens (including phenoxy) is 12. The van der Waals surface area contributed by atoms with Crippen LogP contribution >= 0.6 is 0 Å². The molecular formula is C58H80N2O14+2. The summed E-state index contributed by atoms with van der Waals surface area (Å²) in [4.78, 5) is 25.7. The smallest absolute Gasteiger partial charge is 0.306 e. The lowest BCUT2D eigenvalue weighted by Gasteiger charge is -2.46. The lowest BCUT2D eigenvalue weighted by molar-refractivity contribution is -0.941. The first-order valence-electron chi connectivity index (χ1n) is 25.5. The average molecular weight is 1030 g/mol. The Bertz CT molecular complexity index is 2340. The molecule has 0 aromatic heterocycles. The molecule has 4 atom stereocenters. The molecule has 0 saturated heterocycles. The monoisotopic (exact) mass is 1030 g/mol. The normalized spacial score (nSPS) is 18.9. The van der Waals surface area contributed by atoms with E-state index in [0.717, 1.165) is 59.1 Å². The lowest BCUT2D eigenvalue weighted by Crippen LogP contribution is -2.52. The van der Waals surface area contributed by atoms with Crippen molar-refractivity contribution in [3.63, 3.8) is 0 Å². The topological polar surface area (TPSA) is 145 Å². The van der Waals surface area contributed by atoms with Crippen molar-refractivity contribution < 1.29 is 75.4 Å². The van der Waals surface area contributed by atoms with E-state index in [1.54, 1.807) is 71.1 Å². The van der Waals surface area contributed by atoms with Crippen molar-refractivity contribution in [2.45, 2.75) is 76.3 Å². The molecule has 2 aliphatic heterocycles. The quantitative estimate of drug-likeness (QED) is 0.0231. The van der Waals surface area contributed by atoms with Crippen LogP contribution in [0.3, 0.4) is 0 Å². The maximum absolute atomic E-state index is 12.9. The van der Waals surface area contributed by atoms with Crippen molar-refractivity contribution in [3.8, 4) is 57.5 Å². The van der Waals surface area contributed by atoms with Crippen molar-refractivity contribution in [1.29, 1.82) is 0 Å². The second-order valence-corrected chi connectivity index (χ2v) is 19.4. The third kappa shape index (κ3) is 13.4. The molecule has 0 amide bonds. The van der Waals surface area contributed by atoms with Crippen LogP contribution in [-0.4, -0.2) is 145 Å². The number of esters is 2. The number of methoxy groups -OCH3 is 10. The van der Waals surface area contributed by atoms with Gasteiger partial charge in [-0.3, -0.25) is 9.59 Å². The zero-order valence-electron chi connectivity index (χ0n) is 45.9. The highest BCUT2D eigenvalue weighted by atomic mass is 16.6. The molecule has 74 heavy (non-hydrogen) atoms. The molecule has 0 aliphatic carbocycles. The highest BCUT2D eigenvalue weighted by Crippen LogP contribution is 2.47. The van der Waals surface area contributed by atoms with Crippen LogP contribution in [0.1, 0.15) is 84.0 Å². The molecule has 2 unspecified atom stereocenters. The third-order valence-electron chi connectivity index (χ3n) is 15.0. The predicted octanol–water partition coefficient (Wildman–Crippen LogP) is 9.03. The Morgan fingerprint density at radius 2 is 0.784 bits per heavy atom. The minimum absolute atomic E-state index is 0.0551. The Morgan fingerprint density at radius 3 is 1.09 bits per heavy atom. The Labute approximate surface area is 438 Å². The van der Waals surface area contributed by atoms with Gasteiger partial charge < -0.3 is 65.8 Å². The number of carbonyl (C=O) groups is 2. The first-order valence-corrected chi connectivity index (χ1v) is 25.5. The van der Waals surface area contributed by atoms with Crippen LogP contribution in [0.4, 0.5) is 0 Å². The molecule has 0 saturated carbocycles. The van der Waals surface area contributed by atoms with Gasteiger partial charge in [0.15, 0.2) is 46.0 Å².